The number of rotatable bonds is 3. The maximum atomic E-state index is 12.6. The van der Waals surface area contributed by atoms with Crippen LogP contribution in [0.15, 0.2) is 30.7 Å². The van der Waals surface area contributed by atoms with E-state index in [2.05, 4.69) is 15.0 Å². The lowest BCUT2D eigenvalue weighted by molar-refractivity contribution is 0.0717. The van der Waals surface area contributed by atoms with E-state index in [1.807, 2.05) is 19.2 Å². The van der Waals surface area contributed by atoms with Gasteiger partial charge in [0.15, 0.2) is 0 Å². The lowest BCUT2D eigenvalue weighted by Crippen LogP contribution is -2.48. The summed E-state index contributed by atoms with van der Waals surface area (Å²) in [5, 5.41) is 12.9. The molecule has 24 heavy (non-hydrogen) atoms. The van der Waals surface area contributed by atoms with Gasteiger partial charge in [0.2, 0.25) is 0 Å². The van der Waals surface area contributed by atoms with Crippen LogP contribution in [0.5, 0.6) is 0 Å². The summed E-state index contributed by atoms with van der Waals surface area (Å²) in [5.74, 6) is -0.00657. The van der Waals surface area contributed by atoms with Gasteiger partial charge in [0.05, 0.1) is 23.6 Å². The molecule has 2 aromatic heterocycles. The number of amides is 1. The number of hydrogen-bond donors (Lipinski definition) is 0. The van der Waals surface area contributed by atoms with Crippen molar-refractivity contribution in [2.45, 2.75) is 18.9 Å². The molecule has 0 spiro atoms. The Labute approximate surface area is 141 Å². The second kappa shape index (κ2) is 6.71. The van der Waals surface area contributed by atoms with Crippen molar-refractivity contribution in [3.05, 3.63) is 42.0 Å². The van der Waals surface area contributed by atoms with Crippen molar-refractivity contribution in [1.82, 2.24) is 19.7 Å². The zero-order chi connectivity index (χ0) is 17.1. The SMILES string of the molecule is CN(C(=O)c1cnn(C)c1)C1CCCN(c2ccc(C#N)nc2)C1. The van der Waals surface area contributed by atoms with Gasteiger partial charge in [-0.05, 0) is 25.0 Å². The van der Waals surface area contributed by atoms with Gasteiger partial charge in [-0.15, -0.1) is 0 Å². The standard InChI is InChI=1S/C17H20N6O/c1-21-11-13(9-20-21)17(24)22(2)16-4-3-7-23(12-16)15-6-5-14(8-18)19-10-15/h5-6,9-11,16H,3-4,7,12H2,1-2H3. The summed E-state index contributed by atoms with van der Waals surface area (Å²) >= 11 is 0. The zero-order valence-corrected chi connectivity index (χ0v) is 13.9. The maximum Gasteiger partial charge on any atom is 0.257 e. The Morgan fingerprint density at radius 1 is 1.42 bits per heavy atom. The predicted molar refractivity (Wildman–Crippen MR) is 89.5 cm³/mol. The number of aromatic nitrogens is 3. The minimum Gasteiger partial charge on any atom is -0.368 e. The van der Waals surface area contributed by atoms with Gasteiger partial charge in [0, 0.05) is 39.4 Å². The van der Waals surface area contributed by atoms with E-state index in [0.29, 0.717) is 11.3 Å². The summed E-state index contributed by atoms with van der Waals surface area (Å²) in [6.07, 6.45) is 7.05. The van der Waals surface area contributed by atoms with Gasteiger partial charge < -0.3 is 9.80 Å². The van der Waals surface area contributed by atoms with Crippen LogP contribution >= 0.6 is 0 Å². The Kier molecular flexibility index (Phi) is 4.47. The topological polar surface area (TPSA) is 78.0 Å². The molecule has 3 heterocycles. The van der Waals surface area contributed by atoms with Crippen LogP contribution in [0.3, 0.4) is 0 Å². The molecule has 1 amide bonds. The molecule has 1 atom stereocenters. The largest absolute Gasteiger partial charge is 0.368 e. The Bertz CT molecular complexity index is 760. The quantitative estimate of drug-likeness (QED) is 0.853. The average molecular weight is 324 g/mol. The minimum atomic E-state index is -0.00657. The summed E-state index contributed by atoms with van der Waals surface area (Å²) in [6, 6.07) is 5.81. The lowest BCUT2D eigenvalue weighted by Gasteiger charge is -2.38. The molecule has 3 rings (SSSR count). The van der Waals surface area contributed by atoms with Crippen molar-refractivity contribution >= 4 is 11.6 Å². The fraction of sp³-hybridized carbons (Fsp3) is 0.412. The smallest absolute Gasteiger partial charge is 0.257 e. The van der Waals surface area contributed by atoms with Crippen LogP contribution in [0.4, 0.5) is 5.69 Å². The summed E-state index contributed by atoms with van der Waals surface area (Å²) in [5.41, 5.74) is 2.01. The first-order valence-electron chi connectivity index (χ1n) is 7.95. The number of piperidine rings is 1. The third-order valence-electron chi connectivity index (χ3n) is 4.44. The number of carbonyl (C=O) groups is 1. The summed E-state index contributed by atoms with van der Waals surface area (Å²) in [7, 11) is 3.65. The molecule has 1 aliphatic heterocycles. The molecule has 7 nitrogen and oxygen atoms in total. The lowest BCUT2D eigenvalue weighted by atomic mass is 10.0. The normalized spacial score (nSPS) is 17.4. The van der Waals surface area contributed by atoms with Gasteiger partial charge in [-0.3, -0.25) is 9.48 Å². The Balaban J connectivity index is 1.70. The van der Waals surface area contributed by atoms with Gasteiger partial charge >= 0.3 is 0 Å². The number of carbonyl (C=O) groups excluding carboxylic acids is 1. The molecule has 124 valence electrons. The molecular weight excluding hydrogens is 304 g/mol. The van der Waals surface area contributed by atoms with Gasteiger partial charge in [-0.1, -0.05) is 0 Å². The molecule has 0 aliphatic carbocycles. The Morgan fingerprint density at radius 2 is 2.25 bits per heavy atom. The minimum absolute atomic E-state index is 0.00657. The molecule has 0 radical (unpaired) electrons. The van der Waals surface area contributed by atoms with Crippen molar-refractivity contribution in [2.24, 2.45) is 7.05 Å². The molecule has 1 unspecified atom stereocenters. The van der Waals surface area contributed by atoms with Crippen LogP contribution in [0.25, 0.3) is 0 Å². The van der Waals surface area contributed by atoms with Crippen molar-refractivity contribution in [3.63, 3.8) is 0 Å². The molecule has 1 aliphatic rings. The van der Waals surface area contributed by atoms with Gasteiger partial charge in [0.25, 0.3) is 5.91 Å². The summed E-state index contributed by atoms with van der Waals surface area (Å²) in [6.45, 7) is 1.69. The molecule has 1 saturated heterocycles. The van der Waals surface area contributed by atoms with E-state index in [1.54, 1.807) is 41.3 Å². The number of anilines is 1. The van der Waals surface area contributed by atoms with Gasteiger partial charge in [0.1, 0.15) is 11.8 Å². The second-order valence-corrected chi connectivity index (χ2v) is 6.07. The maximum absolute atomic E-state index is 12.6. The molecule has 0 aromatic carbocycles. The first-order valence-corrected chi connectivity index (χ1v) is 7.95. The van der Waals surface area contributed by atoms with Crippen molar-refractivity contribution in [2.75, 3.05) is 25.0 Å². The van der Waals surface area contributed by atoms with Crippen LogP contribution in [-0.2, 0) is 7.05 Å². The van der Waals surface area contributed by atoms with Crippen molar-refractivity contribution in [3.8, 4) is 6.07 Å². The van der Waals surface area contributed by atoms with E-state index < -0.39 is 0 Å². The molecule has 7 heteroatoms. The molecule has 2 aromatic rings. The summed E-state index contributed by atoms with van der Waals surface area (Å²) in [4.78, 5) is 20.7. The number of likely N-dealkylation sites (N-methyl/N-ethyl adjacent to an activating group) is 1. The molecule has 0 N–H and O–H groups in total. The van der Waals surface area contributed by atoms with Crippen LogP contribution in [0.2, 0.25) is 0 Å². The highest BCUT2D eigenvalue weighted by molar-refractivity contribution is 5.93. The van der Waals surface area contributed by atoms with E-state index in [-0.39, 0.29) is 11.9 Å². The monoisotopic (exact) mass is 324 g/mol. The number of nitriles is 1. The van der Waals surface area contributed by atoms with E-state index in [1.165, 1.54) is 0 Å². The molecular formula is C17H20N6O. The van der Waals surface area contributed by atoms with E-state index in [4.69, 9.17) is 5.26 Å². The molecule has 0 bridgehead atoms. The zero-order valence-electron chi connectivity index (χ0n) is 13.9. The first kappa shape index (κ1) is 16.0. The van der Waals surface area contributed by atoms with Crippen LogP contribution < -0.4 is 4.90 Å². The predicted octanol–water partition coefficient (Wildman–Crippen LogP) is 1.43. The van der Waals surface area contributed by atoms with Gasteiger partial charge in [-0.2, -0.15) is 10.4 Å². The fourth-order valence-corrected chi connectivity index (χ4v) is 3.05. The Hall–Kier alpha value is -2.88. The first-order chi connectivity index (χ1) is 11.6. The molecule has 1 fully saturated rings. The van der Waals surface area contributed by atoms with E-state index in [0.717, 1.165) is 31.6 Å². The fourth-order valence-electron chi connectivity index (χ4n) is 3.05. The number of aryl methyl sites for hydroxylation is 1. The molecule has 0 saturated carbocycles. The Morgan fingerprint density at radius 3 is 2.88 bits per heavy atom. The number of hydrogen-bond acceptors (Lipinski definition) is 5. The average Bonchev–Trinajstić information content (AvgIpc) is 3.07. The number of nitrogens with zero attached hydrogens (tertiary/aromatic N) is 6. The van der Waals surface area contributed by atoms with Crippen LogP contribution in [-0.4, -0.2) is 51.8 Å². The summed E-state index contributed by atoms with van der Waals surface area (Å²) < 4.78 is 1.64. The van der Waals surface area contributed by atoms with Crippen molar-refractivity contribution in [1.29, 1.82) is 5.26 Å². The highest BCUT2D eigenvalue weighted by Gasteiger charge is 2.27. The third kappa shape index (κ3) is 3.23. The highest BCUT2D eigenvalue weighted by Crippen LogP contribution is 2.22. The highest BCUT2D eigenvalue weighted by atomic mass is 16.2. The number of pyridine rings is 1. The van der Waals surface area contributed by atoms with Gasteiger partial charge in [-0.25, -0.2) is 4.98 Å². The van der Waals surface area contributed by atoms with E-state index in [9.17, 15) is 4.79 Å². The third-order valence-corrected chi connectivity index (χ3v) is 4.44. The van der Waals surface area contributed by atoms with Crippen LogP contribution in [0, 0.1) is 11.3 Å². The van der Waals surface area contributed by atoms with Crippen molar-refractivity contribution < 1.29 is 4.79 Å². The van der Waals surface area contributed by atoms with E-state index >= 15 is 0 Å². The van der Waals surface area contributed by atoms with Crippen LogP contribution in [0.1, 0.15) is 28.9 Å². The second-order valence-electron chi connectivity index (χ2n) is 6.07.